The molecule has 1 rings (SSSR count). The van der Waals surface area contributed by atoms with Gasteiger partial charge in [-0.15, -0.1) is 6.42 Å². The van der Waals surface area contributed by atoms with E-state index in [4.69, 9.17) is 6.42 Å². The maximum absolute atomic E-state index is 5.43. The van der Waals surface area contributed by atoms with Crippen molar-refractivity contribution in [3.05, 3.63) is 22.3 Å². The van der Waals surface area contributed by atoms with Gasteiger partial charge in [-0.25, -0.2) is 0 Å². The highest BCUT2D eigenvalue weighted by atomic mass is 79.9. The van der Waals surface area contributed by atoms with Crippen LogP contribution in [0.5, 0.6) is 0 Å². The Morgan fingerprint density at radius 2 is 2.08 bits per heavy atom. The largest absolute Gasteiger partial charge is 0.264 e. The van der Waals surface area contributed by atoms with E-state index >= 15 is 0 Å². The minimum Gasteiger partial charge on any atom is -0.264 e. The number of aromatic nitrogens is 1. The van der Waals surface area contributed by atoms with Gasteiger partial charge in [0.2, 0.25) is 0 Å². The minimum atomic E-state index is -1.40. The van der Waals surface area contributed by atoms with Gasteiger partial charge < -0.3 is 0 Å². The van der Waals surface area contributed by atoms with Crippen molar-refractivity contribution in [3.8, 4) is 12.3 Å². The Morgan fingerprint density at radius 1 is 1.46 bits per heavy atom. The summed E-state index contributed by atoms with van der Waals surface area (Å²) in [5.74, 6) is 2.69. The summed E-state index contributed by atoms with van der Waals surface area (Å²) in [6.45, 7) is 6.72. The second-order valence-electron chi connectivity index (χ2n) is 3.94. The summed E-state index contributed by atoms with van der Waals surface area (Å²) in [4.78, 5) is 4.39. The van der Waals surface area contributed by atoms with E-state index in [2.05, 4.69) is 46.5 Å². The Bertz CT molecular complexity index is 360. The molecule has 0 saturated heterocycles. The monoisotopic (exact) mass is 253 g/mol. The summed E-state index contributed by atoms with van der Waals surface area (Å²) in [5.41, 5.74) is 0.925. The van der Waals surface area contributed by atoms with E-state index in [0.717, 1.165) is 15.4 Å². The highest BCUT2D eigenvalue weighted by Gasteiger charge is 2.21. The molecule has 3 heteroatoms. The van der Waals surface area contributed by atoms with E-state index < -0.39 is 8.07 Å². The fraction of sp³-hybridized carbons (Fsp3) is 0.300. The maximum atomic E-state index is 5.43. The van der Waals surface area contributed by atoms with Crippen molar-refractivity contribution < 1.29 is 0 Å². The van der Waals surface area contributed by atoms with E-state index in [0.29, 0.717) is 0 Å². The van der Waals surface area contributed by atoms with Crippen LogP contribution in [0.3, 0.4) is 0 Å². The zero-order valence-corrected chi connectivity index (χ0v) is 10.6. The number of nitrogens with zero attached hydrogens (tertiary/aromatic N) is 1. The Hall–Kier alpha value is -0.593. The SMILES string of the molecule is C#Cc1cc(Br)cnc1[Si](C)(C)C. The first-order chi connectivity index (χ1) is 5.95. The Kier molecular flexibility index (Phi) is 2.94. The van der Waals surface area contributed by atoms with Gasteiger partial charge in [0.1, 0.15) is 8.07 Å². The van der Waals surface area contributed by atoms with Gasteiger partial charge in [0.15, 0.2) is 0 Å². The van der Waals surface area contributed by atoms with Crippen LogP contribution in [0.15, 0.2) is 16.7 Å². The molecule has 0 amide bonds. The minimum absolute atomic E-state index is 0.925. The molecular formula is C10H12BrNSi. The molecule has 0 unspecified atom stereocenters. The Balaban J connectivity index is 3.32. The van der Waals surface area contributed by atoms with Gasteiger partial charge in [-0.2, -0.15) is 0 Å². The van der Waals surface area contributed by atoms with Gasteiger partial charge >= 0.3 is 0 Å². The van der Waals surface area contributed by atoms with Crippen molar-refractivity contribution in [2.75, 3.05) is 0 Å². The Labute approximate surface area is 88.7 Å². The Morgan fingerprint density at radius 3 is 2.54 bits per heavy atom. The highest BCUT2D eigenvalue weighted by Crippen LogP contribution is 2.11. The van der Waals surface area contributed by atoms with Gasteiger partial charge in [0.05, 0.1) is 0 Å². The van der Waals surface area contributed by atoms with Gasteiger partial charge in [0.25, 0.3) is 0 Å². The molecule has 0 aliphatic rings. The predicted molar refractivity (Wildman–Crippen MR) is 62.9 cm³/mol. The summed E-state index contributed by atoms with van der Waals surface area (Å²) in [5, 5.41) is 1.11. The summed E-state index contributed by atoms with van der Waals surface area (Å²) >= 11 is 3.36. The van der Waals surface area contributed by atoms with Crippen molar-refractivity contribution in [1.29, 1.82) is 0 Å². The first kappa shape index (κ1) is 10.5. The number of terminal acetylenes is 1. The standard InChI is InChI=1S/C10H12BrNSi/c1-5-8-6-9(11)7-12-10(8)13(2,3)4/h1,6-7H,2-4H3. The molecule has 13 heavy (non-hydrogen) atoms. The molecular weight excluding hydrogens is 242 g/mol. The predicted octanol–water partition coefficient (Wildman–Crippen LogP) is 2.37. The van der Waals surface area contributed by atoms with Crippen LogP contribution >= 0.6 is 15.9 Å². The van der Waals surface area contributed by atoms with E-state index in [-0.39, 0.29) is 0 Å². The van der Waals surface area contributed by atoms with E-state index in [1.54, 1.807) is 0 Å². The summed E-state index contributed by atoms with van der Waals surface area (Å²) in [6.07, 6.45) is 7.24. The average molecular weight is 254 g/mol. The normalized spacial score (nSPS) is 11.0. The highest BCUT2D eigenvalue weighted by molar-refractivity contribution is 9.10. The molecule has 0 fully saturated rings. The lowest BCUT2D eigenvalue weighted by atomic mass is 10.3. The molecule has 0 aliphatic heterocycles. The van der Waals surface area contributed by atoms with Gasteiger partial charge in [-0.3, -0.25) is 4.98 Å². The molecule has 1 heterocycles. The average Bonchev–Trinajstić information content (AvgIpc) is 2.01. The number of hydrogen-bond acceptors (Lipinski definition) is 1. The van der Waals surface area contributed by atoms with Crippen molar-refractivity contribution in [1.82, 2.24) is 4.98 Å². The van der Waals surface area contributed by atoms with Crippen LogP contribution in [0.25, 0.3) is 0 Å². The van der Waals surface area contributed by atoms with Crippen molar-refractivity contribution in [3.63, 3.8) is 0 Å². The molecule has 1 aromatic rings. The van der Waals surface area contributed by atoms with Crippen LogP contribution in [0.4, 0.5) is 0 Å². The molecule has 0 radical (unpaired) electrons. The summed E-state index contributed by atoms with van der Waals surface area (Å²) < 4.78 is 0.947. The molecule has 0 aliphatic carbocycles. The van der Waals surface area contributed by atoms with Gasteiger partial charge in [0, 0.05) is 21.6 Å². The van der Waals surface area contributed by atoms with Crippen molar-refractivity contribution >= 4 is 29.3 Å². The van der Waals surface area contributed by atoms with Crippen molar-refractivity contribution in [2.24, 2.45) is 0 Å². The first-order valence-electron chi connectivity index (χ1n) is 4.08. The lowest BCUT2D eigenvalue weighted by Crippen LogP contribution is -2.41. The number of hydrogen-bond donors (Lipinski definition) is 0. The molecule has 0 N–H and O–H groups in total. The van der Waals surface area contributed by atoms with Crippen LogP contribution < -0.4 is 5.32 Å². The lowest BCUT2D eigenvalue weighted by Gasteiger charge is -2.16. The third-order valence-corrected chi connectivity index (χ3v) is 3.97. The number of halogens is 1. The number of pyridine rings is 1. The molecule has 0 spiro atoms. The van der Waals surface area contributed by atoms with Gasteiger partial charge in [-0.1, -0.05) is 25.6 Å². The second-order valence-corrected chi connectivity index (χ2v) is 9.83. The fourth-order valence-corrected chi connectivity index (χ4v) is 2.88. The molecule has 0 saturated carbocycles. The van der Waals surface area contributed by atoms with Crippen LogP contribution in [-0.4, -0.2) is 13.1 Å². The molecule has 1 nitrogen and oxygen atoms in total. The first-order valence-corrected chi connectivity index (χ1v) is 8.37. The molecule has 0 aromatic carbocycles. The fourth-order valence-electron chi connectivity index (χ4n) is 1.15. The van der Waals surface area contributed by atoms with E-state index in [9.17, 15) is 0 Å². The molecule has 0 atom stereocenters. The smallest absolute Gasteiger partial charge is 0.103 e. The zero-order valence-electron chi connectivity index (χ0n) is 8.06. The van der Waals surface area contributed by atoms with Crippen LogP contribution in [0.1, 0.15) is 5.56 Å². The third-order valence-electron chi connectivity index (χ3n) is 1.72. The zero-order chi connectivity index (χ0) is 10.1. The second kappa shape index (κ2) is 3.65. The maximum Gasteiger partial charge on any atom is 0.103 e. The summed E-state index contributed by atoms with van der Waals surface area (Å²) in [7, 11) is -1.40. The van der Waals surface area contributed by atoms with Crippen LogP contribution in [0.2, 0.25) is 19.6 Å². The molecule has 0 bridgehead atoms. The third kappa shape index (κ3) is 2.42. The van der Waals surface area contributed by atoms with Crippen LogP contribution in [0, 0.1) is 12.3 Å². The van der Waals surface area contributed by atoms with Crippen LogP contribution in [-0.2, 0) is 0 Å². The lowest BCUT2D eigenvalue weighted by molar-refractivity contribution is 1.33. The number of rotatable bonds is 1. The van der Waals surface area contributed by atoms with E-state index in [1.165, 1.54) is 0 Å². The topological polar surface area (TPSA) is 12.9 Å². The quantitative estimate of drug-likeness (QED) is 0.554. The molecule has 1 aromatic heterocycles. The molecule has 68 valence electrons. The van der Waals surface area contributed by atoms with Gasteiger partial charge in [-0.05, 0) is 22.0 Å². The summed E-state index contributed by atoms with van der Waals surface area (Å²) in [6, 6.07) is 1.96. The van der Waals surface area contributed by atoms with E-state index in [1.807, 2.05) is 12.3 Å². The van der Waals surface area contributed by atoms with Crippen molar-refractivity contribution in [2.45, 2.75) is 19.6 Å².